The summed E-state index contributed by atoms with van der Waals surface area (Å²) in [5.41, 5.74) is 0.446. The summed E-state index contributed by atoms with van der Waals surface area (Å²) < 4.78 is 53.7. The Morgan fingerprint density at radius 1 is 0.935 bits per heavy atom. The van der Waals surface area contributed by atoms with Crippen LogP contribution in [-0.2, 0) is 24.8 Å². The molecule has 2 aromatic carbocycles. The number of anilines is 1. The molecule has 0 saturated carbocycles. The summed E-state index contributed by atoms with van der Waals surface area (Å²) in [5, 5.41) is 2.65. The quantitative estimate of drug-likeness (QED) is 0.622. The number of piperidine rings is 1. The van der Waals surface area contributed by atoms with Crippen molar-refractivity contribution in [1.82, 2.24) is 9.03 Å². The van der Waals surface area contributed by atoms with Crippen molar-refractivity contribution in [3.05, 3.63) is 54.6 Å². The van der Waals surface area contributed by atoms with Gasteiger partial charge in [-0.1, -0.05) is 25.1 Å². The Bertz CT molecular complexity index is 1090. The molecule has 1 aliphatic rings. The van der Waals surface area contributed by atoms with Crippen LogP contribution in [0.5, 0.6) is 0 Å². The predicted molar refractivity (Wildman–Crippen MR) is 118 cm³/mol. The number of carbonyl (C=O) groups is 1. The zero-order valence-corrected chi connectivity index (χ0v) is 19.0. The molecule has 0 atom stereocenters. The van der Waals surface area contributed by atoms with Gasteiger partial charge in [0.05, 0.1) is 9.79 Å². The SMILES string of the molecule is CC1CCN(S(=O)(=O)c2ccc(NC(=O)CCNS(=O)(=O)c3ccccc3)cc2)CC1. The van der Waals surface area contributed by atoms with Gasteiger partial charge in [-0.05, 0) is 55.2 Å². The first kappa shape index (κ1) is 23.4. The Morgan fingerprint density at radius 2 is 1.55 bits per heavy atom. The van der Waals surface area contributed by atoms with Crippen LogP contribution in [-0.4, -0.2) is 46.7 Å². The number of carbonyl (C=O) groups excluding carboxylic acids is 1. The van der Waals surface area contributed by atoms with Gasteiger partial charge in [0.1, 0.15) is 0 Å². The van der Waals surface area contributed by atoms with Gasteiger partial charge in [0.2, 0.25) is 26.0 Å². The molecule has 31 heavy (non-hydrogen) atoms. The number of nitrogens with one attached hydrogen (secondary N) is 2. The maximum atomic E-state index is 12.8. The molecular formula is C21H27N3O5S2. The summed E-state index contributed by atoms with van der Waals surface area (Å²) >= 11 is 0. The van der Waals surface area contributed by atoms with Crippen molar-refractivity contribution in [3.63, 3.8) is 0 Å². The number of hydrogen-bond donors (Lipinski definition) is 2. The van der Waals surface area contributed by atoms with Gasteiger partial charge in [0, 0.05) is 31.7 Å². The van der Waals surface area contributed by atoms with Crippen LogP contribution in [0, 0.1) is 5.92 Å². The Hall–Kier alpha value is -2.27. The first-order chi connectivity index (χ1) is 14.7. The highest BCUT2D eigenvalue weighted by molar-refractivity contribution is 7.89. The lowest BCUT2D eigenvalue weighted by Crippen LogP contribution is -2.37. The largest absolute Gasteiger partial charge is 0.326 e. The molecule has 0 aromatic heterocycles. The molecule has 0 radical (unpaired) electrons. The molecule has 1 aliphatic heterocycles. The number of sulfonamides is 2. The second-order valence-corrected chi connectivity index (χ2v) is 11.3. The van der Waals surface area contributed by atoms with E-state index in [4.69, 9.17) is 0 Å². The molecule has 2 aromatic rings. The van der Waals surface area contributed by atoms with Crippen LogP contribution < -0.4 is 10.0 Å². The van der Waals surface area contributed by atoms with Gasteiger partial charge >= 0.3 is 0 Å². The highest BCUT2D eigenvalue weighted by Gasteiger charge is 2.27. The van der Waals surface area contributed by atoms with Gasteiger partial charge in [0.25, 0.3) is 0 Å². The lowest BCUT2D eigenvalue weighted by Gasteiger charge is -2.29. The third-order valence-electron chi connectivity index (χ3n) is 5.22. The van der Waals surface area contributed by atoms with Crippen LogP contribution >= 0.6 is 0 Å². The zero-order chi connectivity index (χ0) is 22.5. The maximum Gasteiger partial charge on any atom is 0.243 e. The third-order valence-corrected chi connectivity index (χ3v) is 8.61. The number of amides is 1. The molecule has 1 heterocycles. The van der Waals surface area contributed by atoms with E-state index in [1.165, 1.54) is 40.7 Å². The predicted octanol–water partition coefficient (Wildman–Crippen LogP) is 2.41. The normalized spacial score (nSPS) is 16.2. The highest BCUT2D eigenvalue weighted by atomic mass is 32.2. The molecule has 168 valence electrons. The Balaban J connectivity index is 1.52. The molecule has 0 spiro atoms. The Morgan fingerprint density at radius 3 is 2.16 bits per heavy atom. The minimum Gasteiger partial charge on any atom is -0.326 e. The Kier molecular flexibility index (Phi) is 7.47. The van der Waals surface area contributed by atoms with E-state index < -0.39 is 20.0 Å². The summed E-state index contributed by atoms with van der Waals surface area (Å²) in [7, 11) is -7.21. The molecule has 3 rings (SSSR count). The van der Waals surface area contributed by atoms with E-state index in [1.54, 1.807) is 18.2 Å². The van der Waals surface area contributed by atoms with E-state index >= 15 is 0 Å². The van der Waals surface area contributed by atoms with Gasteiger partial charge in [-0.2, -0.15) is 4.31 Å². The number of benzene rings is 2. The van der Waals surface area contributed by atoms with Crippen molar-refractivity contribution in [1.29, 1.82) is 0 Å². The minimum absolute atomic E-state index is 0.0527. The summed E-state index contributed by atoms with van der Waals surface area (Å²) in [6.07, 6.45) is 1.64. The van der Waals surface area contributed by atoms with Gasteiger partial charge in [-0.15, -0.1) is 0 Å². The standard InChI is InChI=1S/C21H27N3O5S2/c1-17-12-15-24(16-13-17)31(28,29)20-9-7-18(8-10-20)23-21(25)11-14-22-30(26,27)19-5-3-2-4-6-19/h2-10,17,22H,11-16H2,1H3,(H,23,25). The molecule has 0 bridgehead atoms. The van der Waals surface area contributed by atoms with E-state index in [0.29, 0.717) is 24.7 Å². The average molecular weight is 466 g/mol. The zero-order valence-electron chi connectivity index (χ0n) is 17.3. The number of nitrogens with zero attached hydrogens (tertiary/aromatic N) is 1. The van der Waals surface area contributed by atoms with Crippen molar-refractivity contribution in [2.75, 3.05) is 25.0 Å². The summed E-state index contributed by atoms with van der Waals surface area (Å²) in [4.78, 5) is 12.4. The monoisotopic (exact) mass is 465 g/mol. The van der Waals surface area contributed by atoms with Crippen molar-refractivity contribution >= 4 is 31.6 Å². The van der Waals surface area contributed by atoms with Gasteiger partial charge in [-0.3, -0.25) is 4.79 Å². The van der Waals surface area contributed by atoms with E-state index in [1.807, 2.05) is 0 Å². The lowest BCUT2D eigenvalue weighted by molar-refractivity contribution is -0.116. The van der Waals surface area contributed by atoms with Crippen LogP contribution in [0.25, 0.3) is 0 Å². The van der Waals surface area contributed by atoms with Gasteiger partial charge in [0.15, 0.2) is 0 Å². The van der Waals surface area contributed by atoms with Crippen LogP contribution in [0.2, 0.25) is 0 Å². The summed E-state index contributed by atoms with van der Waals surface area (Å²) in [5.74, 6) is 0.151. The molecule has 1 amide bonds. The second-order valence-electron chi connectivity index (χ2n) is 7.62. The van der Waals surface area contributed by atoms with Crippen LogP contribution in [0.1, 0.15) is 26.2 Å². The first-order valence-corrected chi connectivity index (χ1v) is 13.1. The molecular weight excluding hydrogens is 438 g/mol. The minimum atomic E-state index is -3.67. The fourth-order valence-corrected chi connectivity index (χ4v) is 5.81. The third kappa shape index (κ3) is 6.13. The smallest absolute Gasteiger partial charge is 0.243 e. The summed E-state index contributed by atoms with van der Waals surface area (Å²) in [6, 6.07) is 13.9. The highest BCUT2D eigenvalue weighted by Crippen LogP contribution is 2.24. The fourth-order valence-electron chi connectivity index (χ4n) is 3.29. The van der Waals surface area contributed by atoms with E-state index in [2.05, 4.69) is 17.0 Å². The van der Waals surface area contributed by atoms with Crippen molar-refractivity contribution in [3.8, 4) is 0 Å². The molecule has 0 unspecified atom stereocenters. The van der Waals surface area contributed by atoms with Crippen LogP contribution in [0.15, 0.2) is 64.4 Å². The van der Waals surface area contributed by atoms with E-state index in [9.17, 15) is 21.6 Å². The van der Waals surface area contributed by atoms with Gasteiger partial charge < -0.3 is 5.32 Å². The molecule has 1 saturated heterocycles. The molecule has 1 fully saturated rings. The van der Waals surface area contributed by atoms with Crippen LogP contribution in [0.3, 0.4) is 0 Å². The molecule has 10 heteroatoms. The fraction of sp³-hybridized carbons (Fsp3) is 0.381. The second kappa shape index (κ2) is 9.90. The van der Waals surface area contributed by atoms with Crippen molar-refractivity contribution < 1.29 is 21.6 Å². The number of rotatable bonds is 8. The van der Waals surface area contributed by atoms with E-state index in [-0.39, 0.29) is 28.7 Å². The molecule has 2 N–H and O–H groups in total. The van der Waals surface area contributed by atoms with Crippen molar-refractivity contribution in [2.24, 2.45) is 5.92 Å². The molecule has 8 nitrogen and oxygen atoms in total. The van der Waals surface area contributed by atoms with E-state index in [0.717, 1.165) is 12.8 Å². The lowest BCUT2D eigenvalue weighted by atomic mass is 10.0. The first-order valence-electron chi connectivity index (χ1n) is 10.1. The number of hydrogen-bond acceptors (Lipinski definition) is 5. The molecule has 0 aliphatic carbocycles. The van der Waals surface area contributed by atoms with Crippen molar-refractivity contribution in [2.45, 2.75) is 36.0 Å². The Labute approximate surface area is 183 Å². The average Bonchev–Trinajstić information content (AvgIpc) is 2.75. The topological polar surface area (TPSA) is 113 Å². The van der Waals surface area contributed by atoms with Gasteiger partial charge in [-0.25, -0.2) is 21.6 Å². The van der Waals surface area contributed by atoms with Crippen LogP contribution in [0.4, 0.5) is 5.69 Å². The summed E-state index contributed by atoms with van der Waals surface area (Å²) in [6.45, 7) is 3.10. The maximum absolute atomic E-state index is 12.8.